The quantitative estimate of drug-likeness (QED) is 0.578. The highest BCUT2D eigenvalue weighted by atomic mass is 35.5. The van der Waals surface area contributed by atoms with Crippen LogP contribution in [0.2, 0.25) is 0 Å². The molecule has 0 fully saturated rings. The Kier molecular flexibility index (Phi) is 3.52. The fourth-order valence-corrected chi connectivity index (χ4v) is 1.52. The summed E-state index contributed by atoms with van der Waals surface area (Å²) in [6.07, 6.45) is -1.08. The number of aromatic nitrogens is 1. The first-order chi connectivity index (χ1) is 6.61. The molecule has 0 atom stereocenters. The Morgan fingerprint density at radius 2 is 2.29 bits per heavy atom. The third-order valence-electron chi connectivity index (χ3n) is 1.93. The number of carbonyl (C=O) groups is 1. The average Bonchev–Trinajstić information content (AvgIpc) is 2.16. The lowest BCUT2D eigenvalue weighted by Crippen LogP contribution is -2.03. The summed E-state index contributed by atoms with van der Waals surface area (Å²) >= 11 is 5.56. The SMILES string of the molecule is Cc1cnc(C(F)F)c(C=O)c1CCl. The third kappa shape index (κ3) is 1.90. The molecule has 0 saturated heterocycles. The lowest BCUT2D eigenvalue weighted by Gasteiger charge is -2.09. The van der Waals surface area contributed by atoms with Gasteiger partial charge in [-0.2, -0.15) is 0 Å². The van der Waals surface area contributed by atoms with Crippen molar-refractivity contribution in [3.63, 3.8) is 0 Å². The third-order valence-corrected chi connectivity index (χ3v) is 2.20. The second kappa shape index (κ2) is 4.46. The van der Waals surface area contributed by atoms with Gasteiger partial charge >= 0.3 is 0 Å². The van der Waals surface area contributed by atoms with Gasteiger partial charge in [-0.05, 0) is 18.1 Å². The summed E-state index contributed by atoms with van der Waals surface area (Å²) in [7, 11) is 0. The minimum Gasteiger partial charge on any atom is -0.298 e. The smallest absolute Gasteiger partial charge is 0.281 e. The molecule has 1 aromatic heterocycles. The highest BCUT2D eigenvalue weighted by molar-refractivity contribution is 6.17. The molecule has 0 bridgehead atoms. The second-order valence-corrected chi connectivity index (χ2v) is 3.04. The molecular weight excluding hydrogens is 212 g/mol. The van der Waals surface area contributed by atoms with Crippen LogP contribution in [0.4, 0.5) is 8.78 Å². The summed E-state index contributed by atoms with van der Waals surface area (Å²) in [6.45, 7) is 1.67. The summed E-state index contributed by atoms with van der Waals surface area (Å²) in [5, 5.41) is 0. The van der Waals surface area contributed by atoms with Crippen molar-refractivity contribution in [1.82, 2.24) is 4.98 Å². The van der Waals surface area contributed by atoms with Crippen molar-refractivity contribution in [1.29, 1.82) is 0 Å². The van der Waals surface area contributed by atoms with Gasteiger partial charge in [0.1, 0.15) is 5.69 Å². The molecule has 0 saturated carbocycles. The van der Waals surface area contributed by atoms with Crippen LogP contribution < -0.4 is 0 Å². The number of aldehydes is 1. The van der Waals surface area contributed by atoms with E-state index in [9.17, 15) is 13.6 Å². The van der Waals surface area contributed by atoms with E-state index >= 15 is 0 Å². The maximum atomic E-state index is 12.4. The number of alkyl halides is 3. The van der Waals surface area contributed by atoms with Gasteiger partial charge in [0.15, 0.2) is 6.29 Å². The molecular formula is C9H8ClF2NO. The summed E-state index contributed by atoms with van der Waals surface area (Å²) in [5.74, 6) is 0.0299. The molecule has 1 aromatic rings. The maximum Gasteiger partial charge on any atom is 0.281 e. The van der Waals surface area contributed by atoms with E-state index in [2.05, 4.69) is 4.98 Å². The number of hydrogen-bond acceptors (Lipinski definition) is 2. The lowest BCUT2D eigenvalue weighted by atomic mass is 10.0. The van der Waals surface area contributed by atoms with Crippen LogP contribution in [0.25, 0.3) is 0 Å². The van der Waals surface area contributed by atoms with Gasteiger partial charge in [0.25, 0.3) is 6.43 Å². The molecule has 0 aliphatic heterocycles. The maximum absolute atomic E-state index is 12.4. The van der Waals surface area contributed by atoms with Gasteiger partial charge in [-0.15, -0.1) is 11.6 Å². The fourth-order valence-electron chi connectivity index (χ4n) is 1.16. The zero-order valence-electron chi connectivity index (χ0n) is 7.43. The predicted molar refractivity (Wildman–Crippen MR) is 48.9 cm³/mol. The van der Waals surface area contributed by atoms with Gasteiger partial charge < -0.3 is 0 Å². The molecule has 1 heterocycles. The van der Waals surface area contributed by atoms with Gasteiger partial charge in [0, 0.05) is 17.6 Å². The number of pyridine rings is 1. The number of aryl methyl sites for hydroxylation is 1. The summed E-state index contributed by atoms with van der Waals surface area (Å²) in [4.78, 5) is 14.1. The van der Waals surface area contributed by atoms with E-state index in [1.807, 2.05) is 0 Å². The number of hydrogen-bond donors (Lipinski definition) is 0. The minimum atomic E-state index is -2.75. The molecule has 0 spiro atoms. The molecule has 0 radical (unpaired) electrons. The number of halogens is 3. The van der Waals surface area contributed by atoms with Crippen molar-refractivity contribution in [2.45, 2.75) is 19.2 Å². The van der Waals surface area contributed by atoms with Crippen LogP contribution in [0.3, 0.4) is 0 Å². The molecule has 14 heavy (non-hydrogen) atoms. The van der Waals surface area contributed by atoms with Crippen molar-refractivity contribution < 1.29 is 13.6 Å². The number of carbonyl (C=O) groups excluding carboxylic acids is 1. The Morgan fingerprint density at radius 1 is 1.64 bits per heavy atom. The molecule has 0 amide bonds. The minimum absolute atomic E-state index is 0.0299. The van der Waals surface area contributed by atoms with Crippen molar-refractivity contribution in [3.05, 3.63) is 28.6 Å². The van der Waals surface area contributed by atoms with E-state index in [0.717, 1.165) is 0 Å². The Morgan fingerprint density at radius 3 is 2.71 bits per heavy atom. The Balaban J connectivity index is 3.40. The Hall–Kier alpha value is -1.03. The summed E-state index contributed by atoms with van der Waals surface area (Å²) in [5.41, 5.74) is 0.481. The van der Waals surface area contributed by atoms with E-state index in [0.29, 0.717) is 17.4 Å². The van der Waals surface area contributed by atoms with Crippen LogP contribution in [0.15, 0.2) is 6.20 Å². The van der Waals surface area contributed by atoms with Gasteiger partial charge in [-0.1, -0.05) is 0 Å². The zero-order valence-corrected chi connectivity index (χ0v) is 8.18. The molecule has 0 aromatic carbocycles. The molecule has 2 nitrogen and oxygen atoms in total. The topological polar surface area (TPSA) is 30.0 Å². The fraction of sp³-hybridized carbons (Fsp3) is 0.333. The Labute approximate surface area is 84.9 Å². The first-order valence-corrected chi connectivity index (χ1v) is 4.43. The van der Waals surface area contributed by atoms with Crippen LogP contribution in [0, 0.1) is 6.92 Å². The van der Waals surface area contributed by atoms with E-state index in [1.165, 1.54) is 6.20 Å². The van der Waals surface area contributed by atoms with Crippen molar-refractivity contribution in [2.24, 2.45) is 0 Å². The number of rotatable bonds is 3. The van der Waals surface area contributed by atoms with Gasteiger partial charge in [0.2, 0.25) is 0 Å². The monoisotopic (exact) mass is 219 g/mol. The zero-order chi connectivity index (χ0) is 10.7. The molecule has 0 unspecified atom stereocenters. The largest absolute Gasteiger partial charge is 0.298 e. The van der Waals surface area contributed by atoms with Crippen molar-refractivity contribution in [3.8, 4) is 0 Å². The van der Waals surface area contributed by atoms with Crippen LogP contribution in [0.1, 0.15) is 33.6 Å². The normalized spacial score (nSPS) is 10.6. The van der Waals surface area contributed by atoms with Gasteiger partial charge in [0.05, 0.1) is 0 Å². The number of nitrogens with zero attached hydrogens (tertiary/aromatic N) is 1. The van der Waals surface area contributed by atoms with E-state index in [1.54, 1.807) is 6.92 Å². The van der Waals surface area contributed by atoms with Crippen LogP contribution in [0.5, 0.6) is 0 Å². The first kappa shape index (κ1) is 11.0. The molecule has 1 rings (SSSR count). The second-order valence-electron chi connectivity index (χ2n) is 2.77. The van der Waals surface area contributed by atoms with E-state index in [-0.39, 0.29) is 11.4 Å². The van der Waals surface area contributed by atoms with E-state index in [4.69, 9.17) is 11.6 Å². The predicted octanol–water partition coefficient (Wildman–Crippen LogP) is 2.88. The van der Waals surface area contributed by atoms with Gasteiger partial charge in [-0.25, -0.2) is 8.78 Å². The highest BCUT2D eigenvalue weighted by Gasteiger charge is 2.18. The van der Waals surface area contributed by atoms with Crippen LogP contribution in [-0.2, 0) is 5.88 Å². The standard InChI is InChI=1S/C9H8ClF2NO/c1-5-3-13-8(9(11)12)7(4-14)6(5)2-10/h3-4,9H,2H2,1H3. The lowest BCUT2D eigenvalue weighted by molar-refractivity contribution is 0.110. The highest BCUT2D eigenvalue weighted by Crippen LogP contribution is 2.24. The molecule has 0 aliphatic rings. The first-order valence-electron chi connectivity index (χ1n) is 3.89. The summed E-state index contributed by atoms with van der Waals surface area (Å²) < 4.78 is 24.8. The van der Waals surface area contributed by atoms with Crippen LogP contribution in [-0.4, -0.2) is 11.3 Å². The van der Waals surface area contributed by atoms with E-state index < -0.39 is 12.1 Å². The van der Waals surface area contributed by atoms with Crippen molar-refractivity contribution in [2.75, 3.05) is 0 Å². The van der Waals surface area contributed by atoms with Crippen LogP contribution >= 0.6 is 11.6 Å². The van der Waals surface area contributed by atoms with Gasteiger partial charge in [-0.3, -0.25) is 9.78 Å². The molecule has 76 valence electrons. The molecule has 0 N–H and O–H groups in total. The van der Waals surface area contributed by atoms with Crippen molar-refractivity contribution >= 4 is 17.9 Å². The Bertz CT molecular complexity index is 355. The molecule has 0 aliphatic carbocycles. The average molecular weight is 220 g/mol. The molecule has 5 heteroatoms. The summed E-state index contributed by atoms with van der Waals surface area (Å²) in [6, 6.07) is 0.